The van der Waals surface area contributed by atoms with Gasteiger partial charge in [-0.15, -0.1) is 0 Å². The number of benzene rings is 1. The molecule has 1 aromatic carbocycles. The molecule has 0 spiro atoms. The summed E-state index contributed by atoms with van der Waals surface area (Å²) in [5, 5.41) is 8.53. The molecule has 1 aromatic rings. The summed E-state index contributed by atoms with van der Waals surface area (Å²) in [6.07, 6.45) is -5.96. The molecule has 0 radical (unpaired) electrons. The zero-order valence-electron chi connectivity index (χ0n) is 9.43. The van der Waals surface area contributed by atoms with Gasteiger partial charge in [0, 0.05) is 6.42 Å². The second kappa shape index (κ2) is 5.85. The predicted molar refractivity (Wildman–Crippen MR) is 54.1 cm³/mol. The van der Waals surface area contributed by atoms with Gasteiger partial charge in [-0.2, -0.15) is 13.2 Å². The van der Waals surface area contributed by atoms with Gasteiger partial charge in [0.2, 0.25) is 0 Å². The summed E-state index contributed by atoms with van der Waals surface area (Å²) in [6.45, 7) is -0.528. The van der Waals surface area contributed by atoms with Crippen LogP contribution in [0.5, 0.6) is 5.75 Å². The summed E-state index contributed by atoms with van der Waals surface area (Å²) in [5.41, 5.74) is -0.613. The summed E-state index contributed by atoms with van der Waals surface area (Å²) in [7, 11) is 0. The number of ether oxygens (including phenoxy) is 1. The van der Waals surface area contributed by atoms with Crippen molar-refractivity contribution >= 4 is 5.97 Å². The minimum Gasteiger partial charge on any atom is -0.488 e. The van der Waals surface area contributed by atoms with Gasteiger partial charge in [-0.1, -0.05) is 0 Å². The molecule has 0 unspecified atom stereocenters. The van der Waals surface area contributed by atoms with E-state index in [-0.39, 0.29) is 0 Å². The lowest BCUT2D eigenvalue weighted by Gasteiger charge is -2.10. The topological polar surface area (TPSA) is 46.5 Å². The van der Waals surface area contributed by atoms with Gasteiger partial charge in [0.25, 0.3) is 0 Å². The van der Waals surface area contributed by atoms with Crippen LogP contribution in [-0.4, -0.2) is 23.9 Å². The van der Waals surface area contributed by atoms with E-state index in [2.05, 4.69) is 4.74 Å². The quantitative estimate of drug-likeness (QED) is 0.666. The largest absolute Gasteiger partial charge is 0.488 e. The van der Waals surface area contributed by atoms with Crippen molar-refractivity contribution in [1.82, 2.24) is 0 Å². The molecule has 0 saturated heterocycles. The molecule has 0 aliphatic rings. The van der Waals surface area contributed by atoms with Crippen molar-refractivity contribution in [3.8, 4) is 5.75 Å². The molecule has 0 aliphatic carbocycles. The van der Waals surface area contributed by atoms with Gasteiger partial charge in [0.05, 0.1) is 12.2 Å². The maximum Gasteiger partial charge on any atom is 0.389 e. The number of rotatable bonds is 5. The minimum atomic E-state index is -4.37. The molecule has 0 saturated carbocycles. The first kappa shape index (κ1) is 15.2. The van der Waals surface area contributed by atoms with Crippen LogP contribution in [0, 0.1) is 11.6 Å². The Morgan fingerprint density at radius 1 is 1.21 bits per heavy atom. The Morgan fingerprint density at radius 2 is 1.74 bits per heavy atom. The normalized spacial score (nSPS) is 11.4. The first-order valence-corrected chi connectivity index (χ1v) is 5.12. The lowest BCUT2D eigenvalue weighted by atomic mass is 10.2. The molecule has 106 valence electrons. The fraction of sp³-hybridized carbons (Fsp3) is 0.364. The first-order valence-electron chi connectivity index (χ1n) is 5.12. The number of alkyl halides is 3. The molecule has 1 N–H and O–H groups in total. The fourth-order valence-corrected chi connectivity index (χ4v) is 1.27. The molecule has 19 heavy (non-hydrogen) atoms. The van der Waals surface area contributed by atoms with Crippen LogP contribution in [-0.2, 0) is 0 Å². The van der Waals surface area contributed by atoms with Crippen molar-refractivity contribution in [1.29, 1.82) is 0 Å². The van der Waals surface area contributed by atoms with Crippen LogP contribution in [0.25, 0.3) is 0 Å². The zero-order valence-corrected chi connectivity index (χ0v) is 9.43. The summed E-state index contributed by atoms with van der Waals surface area (Å²) >= 11 is 0. The first-order chi connectivity index (χ1) is 8.70. The lowest BCUT2D eigenvalue weighted by Crippen LogP contribution is -2.11. The second-order valence-electron chi connectivity index (χ2n) is 3.64. The Hall–Kier alpha value is -1.86. The Morgan fingerprint density at radius 3 is 2.16 bits per heavy atom. The number of aromatic carboxylic acids is 1. The van der Waals surface area contributed by atoms with Gasteiger partial charge in [-0.25, -0.2) is 13.6 Å². The second-order valence-corrected chi connectivity index (χ2v) is 3.64. The van der Waals surface area contributed by atoms with E-state index in [1.54, 1.807) is 0 Å². The molecule has 1 rings (SSSR count). The molecular weight excluding hydrogens is 275 g/mol. The number of carboxylic acid groups (broad SMARTS) is 1. The van der Waals surface area contributed by atoms with Gasteiger partial charge in [-0.3, -0.25) is 0 Å². The number of carbonyl (C=O) groups is 1. The van der Waals surface area contributed by atoms with Gasteiger partial charge < -0.3 is 9.84 Å². The van der Waals surface area contributed by atoms with Crippen LogP contribution < -0.4 is 4.74 Å². The van der Waals surface area contributed by atoms with Crippen LogP contribution in [0.1, 0.15) is 23.2 Å². The molecule has 0 amide bonds. The van der Waals surface area contributed by atoms with Crippen LogP contribution in [0.3, 0.4) is 0 Å². The van der Waals surface area contributed by atoms with Gasteiger partial charge in [0.1, 0.15) is 0 Å². The van der Waals surface area contributed by atoms with E-state index >= 15 is 0 Å². The Bertz CT molecular complexity index is 447. The molecule has 8 heteroatoms. The molecule has 0 heterocycles. The van der Waals surface area contributed by atoms with Crippen LogP contribution >= 0.6 is 0 Å². The summed E-state index contributed by atoms with van der Waals surface area (Å²) in [6, 6.07) is 1.06. The van der Waals surface area contributed by atoms with Crippen molar-refractivity contribution in [2.24, 2.45) is 0 Å². The summed E-state index contributed by atoms with van der Waals surface area (Å²) < 4.78 is 66.6. The number of halogens is 5. The average Bonchev–Trinajstić information content (AvgIpc) is 2.25. The molecule has 0 atom stereocenters. The Kier molecular flexibility index (Phi) is 4.68. The van der Waals surface area contributed by atoms with Crippen molar-refractivity contribution in [2.45, 2.75) is 19.0 Å². The van der Waals surface area contributed by atoms with E-state index in [1.165, 1.54) is 0 Å². The van der Waals surface area contributed by atoms with Crippen LogP contribution in [0.4, 0.5) is 22.0 Å². The van der Waals surface area contributed by atoms with E-state index in [1.807, 2.05) is 0 Å². The third-order valence-corrected chi connectivity index (χ3v) is 2.10. The van der Waals surface area contributed by atoms with Crippen molar-refractivity contribution in [2.75, 3.05) is 6.61 Å². The maximum atomic E-state index is 13.3. The van der Waals surface area contributed by atoms with Crippen LogP contribution in [0.2, 0.25) is 0 Å². The smallest absolute Gasteiger partial charge is 0.389 e. The highest BCUT2D eigenvalue weighted by atomic mass is 19.4. The molecular formula is C11H9F5O3. The highest BCUT2D eigenvalue weighted by Gasteiger charge is 2.26. The van der Waals surface area contributed by atoms with Crippen molar-refractivity contribution in [3.05, 3.63) is 29.3 Å². The zero-order chi connectivity index (χ0) is 14.6. The van der Waals surface area contributed by atoms with Gasteiger partial charge in [-0.05, 0) is 18.6 Å². The van der Waals surface area contributed by atoms with Crippen molar-refractivity contribution in [3.63, 3.8) is 0 Å². The maximum absolute atomic E-state index is 13.3. The summed E-state index contributed by atoms with van der Waals surface area (Å²) in [5.74, 6) is -4.96. The highest BCUT2D eigenvalue weighted by Crippen LogP contribution is 2.25. The molecule has 3 nitrogen and oxygen atoms in total. The van der Waals surface area contributed by atoms with Crippen LogP contribution in [0.15, 0.2) is 12.1 Å². The van der Waals surface area contributed by atoms with E-state index in [9.17, 15) is 26.7 Å². The Labute approximate surface area is 104 Å². The Balaban J connectivity index is 2.67. The number of carboxylic acids is 1. The molecule has 0 fully saturated rings. The molecule has 0 bridgehead atoms. The fourth-order valence-electron chi connectivity index (χ4n) is 1.27. The highest BCUT2D eigenvalue weighted by molar-refractivity contribution is 5.87. The molecule has 0 aliphatic heterocycles. The minimum absolute atomic E-state index is 0.455. The lowest BCUT2D eigenvalue weighted by molar-refractivity contribution is -0.136. The summed E-state index contributed by atoms with van der Waals surface area (Å²) in [4.78, 5) is 10.5. The number of hydrogen-bond acceptors (Lipinski definition) is 2. The third kappa shape index (κ3) is 4.72. The average molecular weight is 284 g/mol. The standard InChI is InChI=1S/C11H9F5O3/c12-7-4-6(10(17)18)5-8(13)9(7)19-3-1-2-11(14,15)16/h4-5H,1-3H2,(H,17,18). The van der Waals surface area contributed by atoms with Crippen molar-refractivity contribution < 1.29 is 36.6 Å². The van der Waals surface area contributed by atoms with Gasteiger partial charge in [0.15, 0.2) is 17.4 Å². The van der Waals surface area contributed by atoms with E-state index in [4.69, 9.17) is 5.11 Å². The van der Waals surface area contributed by atoms with E-state index < -0.39 is 54.5 Å². The molecule has 0 aromatic heterocycles. The predicted octanol–water partition coefficient (Wildman–Crippen LogP) is 3.38. The number of hydrogen-bond donors (Lipinski definition) is 1. The monoisotopic (exact) mass is 284 g/mol. The van der Waals surface area contributed by atoms with Gasteiger partial charge >= 0.3 is 12.1 Å². The van der Waals surface area contributed by atoms with E-state index in [0.717, 1.165) is 0 Å². The SMILES string of the molecule is O=C(O)c1cc(F)c(OCCCC(F)(F)F)c(F)c1. The van der Waals surface area contributed by atoms with E-state index in [0.29, 0.717) is 12.1 Å². The third-order valence-electron chi connectivity index (χ3n) is 2.10.